The van der Waals surface area contributed by atoms with Crippen molar-refractivity contribution in [1.29, 1.82) is 0 Å². The number of aromatic nitrogens is 2. The van der Waals surface area contributed by atoms with Gasteiger partial charge in [0.15, 0.2) is 0 Å². The van der Waals surface area contributed by atoms with Crippen molar-refractivity contribution >= 4 is 41.3 Å². The standard InChI is InChI=1S/C28H31ClN4O6/c1-27(2,3)38-25(35)33(26(36)39-28(4,5)6)24-30-15-14-21(32-24)17-8-11-19(12-9-17)31-23(34)18-10-13-20(29)22(16-18)37-7/h8-16H,1-7H3,(H,31,34). The summed E-state index contributed by atoms with van der Waals surface area (Å²) in [6, 6.07) is 13.2. The van der Waals surface area contributed by atoms with Crippen LogP contribution in [0.3, 0.4) is 0 Å². The maximum Gasteiger partial charge on any atom is 0.427 e. The van der Waals surface area contributed by atoms with E-state index in [-0.39, 0.29) is 11.9 Å². The van der Waals surface area contributed by atoms with Crippen molar-refractivity contribution in [2.24, 2.45) is 0 Å². The van der Waals surface area contributed by atoms with Crippen LogP contribution in [-0.2, 0) is 9.47 Å². The first-order valence-electron chi connectivity index (χ1n) is 12.0. The molecule has 0 fully saturated rings. The van der Waals surface area contributed by atoms with Crippen molar-refractivity contribution in [1.82, 2.24) is 9.97 Å². The highest BCUT2D eigenvalue weighted by Crippen LogP contribution is 2.27. The molecule has 0 radical (unpaired) electrons. The number of benzene rings is 2. The monoisotopic (exact) mass is 554 g/mol. The summed E-state index contributed by atoms with van der Waals surface area (Å²) in [6.45, 7) is 10.1. The summed E-state index contributed by atoms with van der Waals surface area (Å²) in [5.41, 5.74) is 0.260. The molecule has 11 heteroatoms. The highest BCUT2D eigenvalue weighted by atomic mass is 35.5. The summed E-state index contributed by atoms with van der Waals surface area (Å²) in [5.74, 6) is -0.150. The van der Waals surface area contributed by atoms with E-state index in [4.69, 9.17) is 25.8 Å². The summed E-state index contributed by atoms with van der Waals surface area (Å²) >= 11 is 6.04. The molecule has 206 valence electrons. The smallest absolute Gasteiger partial charge is 0.427 e. The Hall–Kier alpha value is -4.18. The number of methoxy groups -OCH3 is 1. The Morgan fingerprint density at radius 2 is 1.46 bits per heavy atom. The number of carbonyl (C=O) groups is 3. The Balaban J connectivity index is 1.85. The van der Waals surface area contributed by atoms with Crippen molar-refractivity contribution in [3.8, 4) is 17.0 Å². The van der Waals surface area contributed by atoms with Gasteiger partial charge in [0.05, 0.1) is 17.8 Å². The Bertz CT molecular complexity index is 1340. The molecule has 0 aliphatic carbocycles. The molecule has 1 heterocycles. The van der Waals surface area contributed by atoms with Crippen molar-refractivity contribution in [2.75, 3.05) is 17.3 Å². The summed E-state index contributed by atoms with van der Waals surface area (Å²) in [5, 5.41) is 3.21. The molecule has 1 N–H and O–H groups in total. The summed E-state index contributed by atoms with van der Waals surface area (Å²) < 4.78 is 16.0. The minimum absolute atomic E-state index is 0.204. The van der Waals surface area contributed by atoms with E-state index in [0.717, 1.165) is 0 Å². The molecular formula is C28H31ClN4O6. The molecule has 0 bridgehead atoms. The zero-order valence-electron chi connectivity index (χ0n) is 22.9. The van der Waals surface area contributed by atoms with Gasteiger partial charge in [-0.2, -0.15) is 0 Å². The molecule has 0 spiro atoms. The fraction of sp³-hybridized carbons (Fsp3) is 0.321. The van der Waals surface area contributed by atoms with Crippen molar-refractivity contribution in [3.63, 3.8) is 0 Å². The number of hydrogen-bond donors (Lipinski definition) is 1. The number of nitrogens with one attached hydrogen (secondary N) is 1. The van der Waals surface area contributed by atoms with E-state index in [2.05, 4.69) is 15.3 Å². The maximum absolute atomic E-state index is 12.9. The lowest BCUT2D eigenvalue weighted by Gasteiger charge is -2.27. The number of carbonyl (C=O) groups excluding carboxylic acids is 3. The molecule has 0 aliphatic heterocycles. The van der Waals surface area contributed by atoms with Gasteiger partial charge in [-0.05, 0) is 77.9 Å². The van der Waals surface area contributed by atoms with Crippen molar-refractivity contribution in [3.05, 3.63) is 65.3 Å². The second-order valence-electron chi connectivity index (χ2n) is 10.4. The van der Waals surface area contributed by atoms with Gasteiger partial charge >= 0.3 is 12.2 Å². The second kappa shape index (κ2) is 11.7. The third-order valence-electron chi connectivity index (χ3n) is 4.85. The molecule has 0 aliphatic rings. The highest BCUT2D eigenvalue weighted by Gasteiger charge is 2.34. The van der Waals surface area contributed by atoms with Gasteiger partial charge in [-0.25, -0.2) is 19.6 Å². The van der Waals surface area contributed by atoms with Gasteiger partial charge in [0.2, 0.25) is 5.95 Å². The number of halogens is 1. The molecule has 3 amide bonds. The first-order valence-corrected chi connectivity index (χ1v) is 12.4. The highest BCUT2D eigenvalue weighted by molar-refractivity contribution is 6.32. The van der Waals surface area contributed by atoms with Crippen LogP contribution in [0.1, 0.15) is 51.9 Å². The van der Waals surface area contributed by atoms with Crippen molar-refractivity contribution in [2.45, 2.75) is 52.7 Å². The quantitative estimate of drug-likeness (QED) is 0.368. The lowest BCUT2D eigenvalue weighted by Crippen LogP contribution is -2.44. The fourth-order valence-corrected chi connectivity index (χ4v) is 3.39. The predicted octanol–water partition coefficient (Wildman–Crippen LogP) is 6.73. The third-order valence-corrected chi connectivity index (χ3v) is 5.16. The van der Waals surface area contributed by atoms with E-state index in [1.165, 1.54) is 13.3 Å². The molecule has 10 nitrogen and oxygen atoms in total. The topological polar surface area (TPSA) is 120 Å². The molecule has 3 aromatic rings. The molecule has 0 atom stereocenters. The minimum atomic E-state index is -0.967. The summed E-state index contributed by atoms with van der Waals surface area (Å²) in [6.07, 6.45) is -0.514. The van der Waals surface area contributed by atoms with Crippen LogP contribution < -0.4 is 15.0 Å². The van der Waals surface area contributed by atoms with Crippen LogP contribution >= 0.6 is 11.6 Å². The maximum atomic E-state index is 12.9. The second-order valence-corrected chi connectivity index (χ2v) is 10.8. The van der Waals surface area contributed by atoms with Gasteiger partial charge in [-0.1, -0.05) is 23.7 Å². The lowest BCUT2D eigenvalue weighted by molar-refractivity contribution is 0.0427. The first kappa shape index (κ1) is 29.4. The summed E-state index contributed by atoms with van der Waals surface area (Å²) in [7, 11) is 1.47. The fourth-order valence-electron chi connectivity index (χ4n) is 3.20. The van der Waals surface area contributed by atoms with Crippen molar-refractivity contribution < 1.29 is 28.6 Å². The van der Waals surface area contributed by atoms with Gasteiger partial charge in [0, 0.05) is 23.0 Å². The molecule has 0 saturated heterocycles. The number of ether oxygens (including phenoxy) is 3. The van der Waals surface area contributed by atoms with Gasteiger partial charge < -0.3 is 19.5 Å². The zero-order valence-corrected chi connectivity index (χ0v) is 23.6. The van der Waals surface area contributed by atoms with Crippen LogP contribution in [0.15, 0.2) is 54.7 Å². The van der Waals surface area contributed by atoms with Gasteiger partial charge in [-0.3, -0.25) is 4.79 Å². The molecule has 3 rings (SSSR count). The van der Waals surface area contributed by atoms with E-state index < -0.39 is 23.4 Å². The molecule has 0 saturated carbocycles. The van der Waals surface area contributed by atoms with Crippen LogP contribution in [0, 0.1) is 0 Å². The Kier molecular flexibility index (Phi) is 8.81. The number of rotatable bonds is 5. The summed E-state index contributed by atoms with van der Waals surface area (Å²) in [4.78, 5) is 47.7. The molecule has 2 aromatic carbocycles. The molecular weight excluding hydrogens is 524 g/mol. The van der Waals surface area contributed by atoms with Crippen LogP contribution in [0.25, 0.3) is 11.3 Å². The normalized spacial score (nSPS) is 11.4. The largest absolute Gasteiger partial charge is 0.495 e. The van der Waals surface area contributed by atoms with Crippen LogP contribution in [-0.4, -0.2) is 46.4 Å². The number of nitrogens with zero attached hydrogens (tertiary/aromatic N) is 3. The molecule has 0 unspecified atom stereocenters. The molecule has 39 heavy (non-hydrogen) atoms. The Morgan fingerprint density at radius 3 is 2.00 bits per heavy atom. The third kappa shape index (κ3) is 8.15. The average molecular weight is 555 g/mol. The Morgan fingerprint density at radius 1 is 0.872 bits per heavy atom. The Labute approximate surface area is 232 Å². The number of imide groups is 1. The van der Waals surface area contributed by atoms with Gasteiger partial charge in [0.25, 0.3) is 5.91 Å². The van der Waals surface area contributed by atoms with E-state index in [0.29, 0.717) is 38.2 Å². The minimum Gasteiger partial charge on any atom is -0.495 e. The SMILES string of the molecule is COc1cc(C(=O)Nc2ccc(-c3ccnc(N(C(=O)OC(C)(C)C)C(=O)OC(C)(C)C)n3)cc2)ccc1Cl. The van der Waals surface area contributed by atoms with Crippen LogP contribution in [0.2, 0.25) is 5.02 Å². The van der Waals surface area contributed by atoms with Gasteiger partial charge in [-0.15, -0.1) is 4.90 Å². The number of amides is 3. The first-order chi connectivity index (χ1) is 18.2. The number of anilines is 2. The van der Waals surface area contributed by atoms with E-state index in [9.17, 15) is 14.4 Å². The van der Waals surface area contributed by atoms with E-state index in [1.54, 1.807) is 90.1 Å². The molecule has 1 aromatic heterocycles. The zero-order chi connectivity index (χ0) is 29.0. The van der Waals surface area contributed by atoms with E-state index in [1.807, 2.05) is 0 Å². The van der Waals surface area contributed by atoms with E-state index >= 15 is 0 Å². The predicted molar refractivity (Wildman–Crippen MR) is 148 cm³/mol. The van der Waals surface area contributed by atoms with Crippen LogP contribution in [0.5, 0.6) is 5.75 Å². The number of hydrogen-bond acceptors (Lipinski definition) is 8. The lowest BCUT2D eigenvalue weighted by atomic mass is 10.1. The average Bonchev–Trinajstić information content (AvgIpc) is 2.83. The van der Waals surface area contributed by atoms with Crippen LogP contribution in [0.4, 0.5) is 21.2 Å². The van der Waals surface area contributed by atoms with Gasteiger partial charge in [0.1, 0.15) is 17.0 Å².